The second kappa shape index (κ2) is 11.5. The molecule has 2 aliphatic heterocycles. The van der Waals surface area contributed by atoms with Gasteiger partial charge in [-0.2, -0.15) is 0 Å². The quantitative estimate of drug-likeness (QED) is 0.255. The lowest BCUT2D eigenvalue weighted by Gasteiger charge is -2.22. The largest absolute Gasteiger partial charge is 0.480 e. The summed E-state index contributed by atoms with van der Waals surface area (Å²) in [6, 6.07) is 22.6. The summed E-state index contributed by atoms with van der Waals surface area (Å²) in [5.74, 6) is -5.47. The topological polar surface area (TPSA) is 159 Å². The van der Waals surface area contributed by atoms with Crippen molar-refractivity contribution in [2.75, 3.05) is 0 Å². The van der Waals surface area contributed by atoms with Crippen LogP contribution < -0.4 is 4.74 Å². The molecule has 0 bridgehead atoms. The van der Waals surface area contributed by atoms with Crippen LogP contribution in [-0.4, -0.2) is 67.7 Å². The molecule has 6 rings (SSSR count). The molecule has 224 valence electrons. The standard InChI is InChI=1S/C34H24N2O9/c37-29-23-13-11-21(17-25(23)31(39)35(29)27(33(41)42)15-19-7-3-1-4-8-19)45-22-12-14-24-26(18-22)32(40)36(30(24)38)28(34(43)44)16-20-9-5-2-6-10-20/h1-14,17-18,27-28H,15-16H2,(H,41,42)(H,43,44)/t27-,28-/m0/s1. The smallest absolute Gasteiger partial charge is 0.327 e. The Morgan fingerprint density at radius 2 is 0.889 bits per heavy atom. The molecule has 11 heteroatoms. The van der Waals surface area contributed by atoms with Crippen LogP contribution in [0, 0.1) is 0 Å². The van der Waals surface area contributed by atoms with Crippen molar-refractivity contribution in [1.29, 1.82) is 0 Å². The minimum absolute atomic E-state index is 0.0233. The first-order valence-electron chi connectivity index (χ1n) is 13.9. The lowest BCUT2D eigenvalue weighted by Crippen LogP contribution is -2.46. The van der Waals surface area contributed by atoms with Crippen LogP contribution >= 0.6 is 0 Å². The number of hydrogen-bond acceptors (Lipinski definition) is 7. The number of nitrogens with zero attached hydrogens (tertiary/aromatic N) is 2. The van der Waals surface area contributed by atoms with Gasteiger partial charge in [-0.1, -0.05) is 60.7 Å². The number of fused-ring (bicyclic) bond motifs is 2. The van der Waals surface area contributed by atoms with E-state index in [2.05, 4.69) is 0 Å². The SMILES string of the molecule is O=C(O)[C@H](Cc1ccccc1)N1C(=O)c2ccc(Oc3ccc4c(c3)C(=O)N([C@@H](Cc3ccccc3)C(=O)O)C4=O)cc2C1=O. The molecule has 4 aromatic rings. The summed E-state index contributed by atoms with van der Waals surface area (Å²) in [6.45, 7) is 0. The van der Waals surface area contributed by atoms with Gasteiger partial charge in [0.15, 0.2) is 0 Å². The molecule has 0 unspecified atom stereocenters. The van der Waals surface area contributed by atoms with E-state index in [-0.39, 0.29) is 46.6 Å². The zero-order valence-electron chi connectivity index (χ0n) is 23.5. The number of rotatable bonds is 10. The first kappa shape index (κ1) is 29.0. The van der Waals surface area contributed by atoms with Gasteiger partial charge >= 0.3 is 11.9 Å². The number of benzene rings is 4. The summed E-state index contributed by atoms with van der Waals surface area (Å²) < 4.78 is 5.88. The highest BCUT2D eigenvalue weighted by atomic mass is 16.5. The Morgan fingerprint density at radius 3 is 1.24 bits per heavy atom. The van der Waals surface area contributed by atoms with Gasteiger partial charge in [-0.3, -0.25) is 29.0 Å². The fourth-order valence-electron chi connectivity index (χ4n) is 5.56. The molecule has 45 heavy (non-hydrogen) atoms. The highest BCUT2D eigenvalue weighted by Crippen LogP contribution is 2.34. The van der Waals surface area contributed by atoms with E-state index in [4.69, 9.17) is 4.74 Å². The van der Waals surface area contributed by atoms with Gasteiger partial charge in [-0.15, -0.1) is 0 Å². The molecule has 0 aromatic heterocycles. The van der Waals surface area contributed by atoms with Crippen LogP contribution in [0.15, 0.2) is 97.1 Å². The van der Waals surface area contributed by atoms with Gasteiger partial charge in [0, 0.05) is 12.8 Å². The van der Waals surface area contributed by atoms with Crippen molar-refractivity contribution in [3.05, 3.63) is 130 Å². The van der Waals surface area contributed by atoms with Crippen LogP contribution in [0.1, 0.15) is 52.6 Å². The van der Waals surface area contributed by atoms with Crippen LogP contribution in [-0.2, 0) is 22.4 Å². The molecular weight excluding hydrogens is 580 g/mol. The first-order chi connectivity index (χ1) is 21.6. The van der Waals surface area contributed by atoms with Gasteiger partial charge in [0.05, 0.1) is 22.3 Å². The lowest BCUT2D eigenvalue weighted by molar-refractivity contribution is -0.142. The molecule has 0 aliphatic carbocycles. The van der Waals surface area contributed by atoms with Crippen molar-refractivity contribution in [3.8, 4) is 11.5 Å². The molecule has 4 amide bonds. The molecule has 0 saturated heterocycles. The Hall–Kier alpha value is -6.10. The average molecular weight is 605 g/mol. The molecule has 2 aliphatic rings. The average Bonchev–Trinajstić information content (AvgIpc) is 3.42. The zero-order valence-corrected chi connectivity index (χ0v) is 23.5. The van der Waals surface area contributed by atoms with E-state index in [9.17, 15) is 39.0 Å². The Kier molecular flexibility index (Phi) is 7.43. The maximum Gasteiger partial charge on any atom is 0.327 e. The third kappa shape index (κ3) is 5.31. The number of aliphatic carboxylic acids is 2. The maximum atomic E-state index is 13.3. The Balaban J connectivity index is 1.23. The van der Waals surface area contributed by atoms with Gasteiger partial charge < -0.3 is 14.9 Å². The molecule has 0 fully saturated rings. The van der Waals surface area contributed by atoms with Crippen LogP contribution in [0.5, 0.6) is 11.5 Å². The zero-order chi connectivity index (χ0) is 31.8. The minimum Gasteiger partial charge on any atom is -0.480 e. The van der Waals surface area contributed by atoms with E-state index in [0.717, 1.165) is 9.80 Å². The third-order valence-electron chi connectivity index (χ3n) is 7.75. The molecule has 2 atom stereocenters. The van der Waals surface area contributed by atoms with E-state index in [1.54, 1.807) is 60.7 Å². The fourth-order valence-corrected chi connectivity index (χ4v) is 5.56. The van der Waals surface area contributed by atoms with Crippen LogP contribution in [0.4, 0.5) is 0 Å². The van der Waals surface area contributed by atoms with E-state index < -0.39 is 47.7 Å². The van der Waals surface area contributed by atoms with Crippen molar-refractivity contribution in [3.63, 3.8) is 0 Å². The summed E-state index contributed by atoms with van der Waals surface area (Å²) in [5, 5.41) is 19.7. The van der Waals surface area contributed by atoms with Crippen LogP contribution in [0.3, 0.4) is 0 Å². The summed E-state index contributed by atoms with van der Waals surface area (Å²) >= 11 is 0. The van der Waals surface area contributed by atoms with Crippen molar-refractivity contribution in [2.45, 2.75) is 24.9 Å². The molecule has 2 N–H and O–H groups in total. The molecule has 0 spiro atoms. The fraction of sp³-hybridized carbons (Fsp3) is 0.118. The van der Waals surface area contributed by atoms with Crippen molar-refractivity contribution >= 4 is 35.6 Å². The van der Waals surface area contributed by atoms with Gasteiger partial charge in [0.2, 0.25) is 0 Å². The highest BCUT2D eigenvalue weighted by molar-refractivity contribution is 6.23. The number of hydrogen-bond donors (Lipinski definition) is 2. The molecular formula is C34H24N2O9. The number of imide groups is 2. The van der Waals surface area contributed by atoms with Crippen LogP contribution in [0.2, 0.25) is 0 Å². The van der Waals surface area contributed by atoms with Crippen molar-refractivity contribution in [2.24, 2.45) is 0 Å². The Bertz CT molecular complexity index is 1750. The van der Waals surface area contributed by atoms with E-state index >= 15 is 0 Å². The Labute approximate surface area is 255 Å². The van der Waals surface area contributed by atoms with E-state index in [0.29, 0.717) is 11.1 Å². The Morgan fingerprint density at radius 1 is 0.533 bits per heavy atom. The minimum atomic E-state index is -1.43. The van der Waals surface area contributed by atoms with Crippen LogP contribution in [0.25, 0.3) is 0 Å². The number of carboxylic acids is 2. The summed E-state index contributed by atoms with van der Waals surface area (Å²) in [6.07, 6.45) is -0.143. The molecule has 0 saturated carbocycles. The number of carbonyl (C=O) groups excluding carboxylic acids is 4. The number of carboxylic acid groups (broad SMARTS) is 2. The summed E-state index contributed by atoms with van der Waals surface area (Å²) in [5.41, 5.74) is 1.25. The number of carbonyl (C=O) groups is 6. The predicted octanol–water partition coefficient (Wildman–Crippen LogP) is 4.06. The second-order valence-corrected chi connectivity index (χ2v) is 10.6. The molecule has 4 aromatic carbocycles. The predicted molar refractivity (Wildman–Crippen MR) is 157 cm³/mol. The van der Waals surface area contributed by atoms with E-state index in [1.165, 1.54) is 36.4 Å². The van der Waals surface area contributed by atoms with E-state index in [1.807, 2.05) is 0 Å². The van der Waals surface area contributed by atoms with Crippen molar-refractivity contribution in [1.82, 2.24) is 9.80 Å². The second-order valence-electron chi connectivity index (χ2n) is 10.6. The summed E-state index contributed by atoms with van der Waals surface area (Å²) in [7, 11) is 0. The number of amides is 4. The van der Waals surface area contributed by atoms with Gasteiger partial charge in [0.1, 0.15) is 23.6 Å². The third-order valence-corrected chi connectivity index (χ3v) is 7.75. The summed E-state index contributed by atoms with van der Waals surface area (Å²) in [4.78, 5) is 78.6. The lowest BCUT2D eigenvalue weighted by atomic mass is 10.0. The van der Waals surface area contributed by atoms with Gasteiger partial charge in [0.25, 0.3) is 23.6 Å². The maximum absolute atomic E-state index is 13.3. The van der Waals surface area contributed by atoms with Gasteiger partial charge in [-0.05, 0) is 47.5 Å². The molecule has 2 heterocycles. The highest BCUT2D eigenvalue weighted by Gasteiger charge is 2.44. The van der Waals surface area contributed by atoms with Crippen molar-refractivity contribution < 1.29 is 43.7 Å². The monoisotopic (exact) mass is 604 g/mol. The number of ether oxygens (including phenoxy) is 1. The molecule has 0 radical (unpaired) electrons. The normalized spacial score (nSPS) is 15.1. The first-order valence-corrected chi connectivity index (χ1v) is 13.9. The van der Waals surface area contributed by atoms with Gasteiger partial charge in [-0.25, -0.2) is 9.59 Å². The molecule has 11 nitrogen and oxygen atoms in total.